The van der Waals surface area contributed by atoms with Crippen molar-refractivity contribution in [1.29, 1.82) is 0 Å². The number of nitrogens with one attached hydrogen (secondary N) is 1. The predicted octanol–water partition coefficient (Wildman–Crippen LogP) is 5.87. The molecule has 3 aliphatic rings. The number of hydrogen-bond acceptors (Lipinski definition) is 7. The number of ether oxygens (including phenoxy) is 2. The second kappa shape index (κ2) is 14.6. The lowest BCUT2D eigenvalue weighted by Gasteiger charge is -2.37. The van der Waals surface area contributed by atoms with Crippen molar-refractivity contribution < 1.29 is 37.0 Å². The van der Waals surface area contributed by atoms with Gasteiger partial charge < -0.3 is 14.8 Å². The van der Waals surface area contributed by atoms with Crippen LogP contribution in [0.25, 0.3) is 0 Å². The number of rotatable bonds is 9. The number of hydrogen-bond donors (Lipinski definition) is 1. The van der Waals surface area contributed by atoms with Gasteiger partial charge in [-0.15, -0.1) is 0 Å². The van der Waals surface area contributed by atoms with Crippen LogP contribution in [0.15, 0.2) is 72.8 Å². The molecule has 1 N–H and O–H groups in total. The summed E-state index contributed by atoms with van der Waals surface area (Å²) in [5, 5.41) is 3.16. The highest BCUT2D eigenvalue weighted by Crippen LogP contribution is 2.35. The van der Waals surface area contributed by atoms with Crippen LogP contribution in [0.2, 0.25) is 0 Å². The van der Waals surface area contributed by atoms with Gasteiger partial charge in [0.05, 0.1) is 24.8 Å². The van der Waals surface area contributed by atoms with E-state index in [1.54, 1.807) is 29.2 Å². The van der Waals surface area contributed by atoms with Gasteiger partial charge in [0.15, 0.2) is 0 Å². The Morgan fingerprint density at radius 2 is 1.31 bits per heavy atom. The summed E-state index contributed by atoms with van der Waals surface area (Å²) in [6.45, 7) is 5.23. The van der Waals surface area contributed by atoms with Gasteiger partial charge in [-0.05, 0) is 65.9 Å². The van der Waals surface area contributed by atoms with Crippen LogP contribution in [0, 0.1) is 0 Å². The molecule has 3 heterocycles. The van der Waals surface area contributed by atoms with E-state index in [9.17, 15) is 27.6 Å². The lowest BCUT2D eigenvalue weighted by molar-refractivity contribution is -0.137. The Hall–Kier alpha value is -4.42. The minimum absolute atomic E-state index is 0.0852. The molecule has 0 bridgehead atoms. The molecular weight excluding hydrogens is 637 g/mol. The van der Waals surface area contributed by atoms with E-state index in [-0.39, 0.29) is 24.0 Å². The Kier molecular flexibility index (Phi) is 10.3. The molecule has 0 saturated carbocycles. The van der Waals surface area contributed by atoms with Gasteiger partial charge in [-0.25, -0.2) is 9.59 Å². The van der Waals surface area contributed by atoms with Crippen LogP contribution in [0.1, 0.15) is 68.7 Å². The van der Waals surface area contributed by atoms with Crippen LogP contribution in [-0.2, 0) is 35.3 Å². The molecule has 0 unspecified atom stereocenters. The van der Waals surface area contributed by atoms with Crippen molar-refractivity contribution in [1.82, 2.24) is 20.0 Å². The van der Waals surface area contributed by atoms with E-state index in [1.165, 1.54) is 19.2 Å². The second-order valence-corrected chi connectivity index (χ2v) is 13.3. The molecule has 0 aromatic heterocycles. The van der Waals surface area contributed by atoms with Crippen LogP contribution < -0.4 is 5.32 Å². The van der Waals surface area contributed by atoms with Crippen molar-refractivity contribution in [2.24, 2.45) is 0 Å². The van der Waals surface area contributed by atoms with Crippen molar-refractivity contribution in [2.45, 2.75) is 63.1 Å². The number of carbonyl (C=O) groups is 3. The number of piperidine rings is 2. The van der Waals surface area contributed by atoms with Gasteiger partial charge >= 0.3 is 18.2 Å². The summed E-state index contributed by atoms with van der Waals surface area (Å²) in [5.74, 6) is -0.470. The van der Waals surface area contributed by atoms with Crippen molar-refractivity contribution >= 4 is 18.0 Å². The molecule has 0 aliphatic carbocycles. The van der Waals surface area contributed by atoms with Crippen molar-refractivity contribution in [2.75, 3.05) is 39.8 Å². The topological polar surface area (TPSA) is 91.4 Å². The number of methoxy groups -OCH3 is 1. The highest BCUT2D eigenvalue weighted by Gasteiger charge is 2.46. The smallest absolute Gasteiger partial charge is 0.416 e. The predicted molar refractivity (Wildman–Crippen MR) is 176 cm³/mol. The van der Waals surface area contributed by atoms with Crippen LogP contribution in [0.3, 0.4) is 0 Å². The van der Waals surface area contributed by atoms with Gasteiger partial charge in [0.1, 0.15) is 5.60 Å². The summed E-state index contributed by atoms with van der Waals surface area (Å²) in [6.07, 6.45) is -1.72. The Morgan fingerprint density at radius 3 is 1.86 bits per heavy atom. The number of alkyl halides is 3. The first-order chi connectivity index (χ1) is 23.5. The number of halogens is 3. The zero-order valence-corrected chi connectivity index (χ0v) is 27.5. The minimum atomic E-state index is -4.35. The molecule has 6 rings (SSSR count). The molecule has 49 heavy (non-hydrogen) atoms. The summed E-state index contributed by atoms with van der Waals surface area (Å²) in [6, 6.07) is 20.1. The monoisotopic (exact) mass is 678 g/mol. The Bertz CT molecular complexity index is 1610. The van der Waals surface area contributed by atoms with E-state index in [1.807, 2.05) is 24.3 Å². The molecule has 3 saturated heterocycles. The van der Waals surface area contributed by atoms with Crippen LogP contribution >= 0.6 is 0 Å². The summed E-state index contributed by atoms with van der Waals surface area (Å²) in [7, 11) is 1.37. The van der Waals surface area contributed by atoms with E-state index >= 15 is 0 Å². The maximum Gasteiger partial charge on any atom is 0.416 e. The first-order valence-corrected chi connectivity index (χ1v) is 16.6. The lowest BCUT2D eigenvalue weighted by Crippen LogP contribution is -2.46. The van der Waals surface area contributed by atoms with E-state index < -0.39 is 17.3 Å². The highest BCUT2D eigenvalue weighted by atomic mass is 19.4. The van der Waals surface area contributed by atoms with Gasteiger partial charge in [-0.2, -0.15) is 13.2 Å². The molecule has 0 radical (unpaired) electrons. The highest BCUT2D eigenvalue weighted by molar-refractivity contribution is 5.94. The normalized spacial score (nSPS) is 18.8. The summed E-state index contributed by atoms with van der Waals surface area (Å²) in [5.41, 5.74) is 2.70. The molecule has 0 atom stereocenters. The first kappa shape index (κ1) is 34.4. The first-order valence-electron chi connectivity index (χ1n) is 16.6. The average molecular weight is 679 g/mol. The van der Waals surface area contributed by atoms with Crippen molar-refractivity contribution in [3.05, 3.63) is 106 Å². The summed E-state index contributed by atoms with van der Waals surface area (Å²) >= 11 is 0. The van der Waals surface area contributed by atoms with Gasteiger partial charge in [0, 0.05) is 70.3 Å². The van der Waals surface area contributed by atoms with Gasteiger partial charge in [0.25, 0.3) is 5.91 Å². The second-order valence-electron chi connectivity index (χ2n) is 13.3. The van der Waals surface area contributed by atoms with E-state index in [4.69, 9.17) is 9.47 Å². The molecule has 3 aromatic rings. The Morgan fingerprint density at radius 1 is 0.796 bits per heavy atom. The fourth-order valence-corrected chi connectivity index (χ4v) is 6.86. The summed E-state index contributed by atoms with van der Waals surface area (Å²) < 4.78 is 49.3. The molecule has 3 aromatic carbocycles. The van der Waals surface area contributed by atoms with Crippen LogP contribution in [0.4, 0.5) is 18.0 Å². The maximum atomic E-state index is 13.0. The zero-order chi connectivity index (χ0) is 34.6. The molecule has 12 heteroatoms. The molecule has 2 amide bonds. The number of benzene rings is 3. The van der Waals surface area contributed by atoms with Gasteiger partial charge in [0.2, 0.25) is 0 Å². The fourth-order valence-electron chi connectivity index (χ4n) is 6.86. The fraction of sp³-hybridized carbons (Fsp3) is 0.432. The number of amides is 2. The molecule has 3 fully saturated rings. The van der Waals surface area contributed by atoms with Crippen LogP contribution in [0.5, 0.6) is 0 Å². The number of likely N-dealkylation sites (tertiary alicyclic amines) is 2. The SMILES string of the molecule is COC(=O)c1ccc(CN2CCC(NC(=O)c3ccc(CN4CC5(CCN(Cc6ccc(C(F)(F)F)cc6)CC5)OC4=O)cc3)CC2)cc1. The van der Waals surface area contributed by atoms with E-state index in [0.29, 0.717) is 56.7 Å². The van der Waals surface area contributed by atoms with Crippen LogP contribution in [-0.4, -0.2) is 84.1 Å². The Balaban J connectivity index is 0.925. The van der Waals surface area contributed by atoms with Crippen molar-refractivity contribution in [3.8, 4) is 0 Å². The Labute approximate surface area is 283 Å². The van der Waals surface area contributed by atoms with Crippen molar-refractivity contribution in [3.63, 3.8) is 0 Å². The molecule has 9 nitrogen and oxygen atoms in total. The number of esters is 1. The third kappa shape index (κ3) is 8.60. The minimum Gasteiger partial charge on any atom is -0.465 e. The quantitative estimate of drug-likeness (QED) is 0.283. The summed E-state index contributed by atoms with van der Waals surface area (Å²) in [4.78, 5) is 43.7. The number of carbonyl (C=O) groups excluding carboxylic acids is 3. The molecule has 1 spiro atoms. The number of nitrogens with zero attached hydrogens (tertiary/aromatic N) is 3. The average Bonchev–Trinajstić information content (AvgIpc) is 3.40. The molecular formula is C37H41F3N4O5. The van der Waals surface area contributed by atoms with Gasteiger partial charge in [-0.1, -0.05) is 36.4 Å². The molecule has 3 aliphatic heterocycles. The standard InChI is InChI=1S/C37H41F3N4O5/c1-48-34(46)30-10-4-26(5-11-30)22-42-18-14-32(15-19-42)41-33(45)29-8-2-28(3-9-29)24-44-25-36(49-35(44)47)16-20-43(21-17-36)23-27-6-12-31(13-7-27)37(38,39)40/h2-13,32H,14-25H2,1H3,(H,41,45). The van der Waals surface area contributed by atoms with Gasteiger partial charge in [-0.3, -0.25) is 19.5 Å². The van der Waals surface area contributed by atoms with E-state index in [0.717, 1.165) is 61.3 Å². The zero-order valence-electron chi connectivity index (χ0n) is 27.5. The maximum absolute atomic E-state index is 13.0. The third-order valence-electron chi connectivity index (χ3n) is 9.79. The third-order valence-corrected chi connectivity index (χ3v) is 9.79. The lowest BCUT2D eigenvalue weighted by atomic mass is 9.91. The van der Waals surface area contributed by atoms with E-state index in [2.05, 4.69) is 15.1 Å². The molecule has 260 valence electrons. The largest absolute Gasteiger partial charge is 0.465 e.